The first-order chi connectivity index (χ1) is 8.03. The van der Waals surface area contributed by atoms with Crippen molar-refractivity contribution in [2.75, 3.05) is 16.5 Å². The molecule has 1 aliphatic heterocycles. The number of aliphatic hydroxyl groups excluding tert-OH is 1. The van der Waals surface area contributed by atoms with Crippen molar-refractivity contribution in [3.8, 4) is 0 Å². The lowest BCUT2D eigenvalue weighted by Crippen LogP contribution is -2.39. The summed E-state index contributed by atoms with van der Waals surface area (Å²) in [7, 11) is -3.30. The second-order valence-corrected chi connectivity index (χ2v) is 6.13. The molecule has 1 aromatic rings. The summed E-state index contributed by atoms with van der Waals surface area (Å²) in [5.74, 6) is -0.578. The lowest BCUT2D eigenvalue weighted by molar-refractivity contribution is 0.178. The normalized spacial score (nSPS) is 26.6. The molecule has 0 bridgehead atoms. The van der Waals surface area contributed by atoms with Crippen LogP contribution < -0.4 is 5.01 Å². The largest absolute Gasteiger partial charge is 0.390 e. The van der Waals surface area contributed by atoms with E-state index in [0.717, 1.165) is 5.01 Å². The number of nitrogens with zero attached hydrogens (tertiary/aromatic N) is 2. The van der Waals surface area contributed by atoms with Crippen molar-refractivity contribution in [2.45, 2.75) is 12.1 Å². The Bertz CT molecular complexity index is 502. The number of hydrogen-bond acceptors (Lipinski definition) is 5. The standard InChI is InChI=1S/C10H12N2O4S/c13-10-7-17(15,16)6-9(10)12(11-14)8-4-2-1-3-5-8/h1-5,9-10,13H,6-7H2. The van der Waals surface area contributed by atoms with E-state index in [1.807, 2.05) is 0 Å². The van der Waals surface area contributed by atoms with Gasteiger partial charge in [-0.2, -0.15) is 0 Å². The minimum Gasteiger partial charge on any atom is -0.390 e. The first kappa shape index (κ1) is 12.0. The van der Waals surface area contributed by atoms with Crippen LogP contribution in [0.25, 0.3) is 0 Å². The van der Waals surface area contributed by atoms with Crippen molar-refractivity contribution < 1.29 is 13.5 Å². The zero-order chi connectivity index (χ0) is 12.5. The molecule has 1 aliphatic rings. The van der Waals surface area contributed by atoms with Crippen LogP contribution in [0.1, 0.15) is 0 Å². The number of nitroso groups, excluding NO2 is 1. The van der Waals surface area contributed by atoms with Crippen LogP contribution in [0.4, 0.5) is 5.69 Å². The van der Waals surface area contributed by atoms with Gasteiger partial charge >= 0.3 is 0 Å². The zero-order valence-corrected chi connectivity index (χ0v) is 9.75. The molecule has 0 aromatic heterocycles. The quantitative estimate of drug-likeness (QED) is 0.622. The number of aliphatic hydroxyl groups is 1. The molecule has 1 heterocycles. The smallest absolute Gasteiger partial charge is 0.155 e. The Balaban J connectivity index is 2.29. The monoisotopic (exact) mass is 256 g/mol. The van der Waals surface area contributed by atoms with Gasteiger partial charge in [-0.3, -0.25) is 0 Å². The second kappa shape index (κ2) is 4.42. The van der Waals surface area contributed by atoms with Crippen molar-refractivity contribution in [1.29, 1.82) is 0 Å². The molecule has 6 nitrogen and oxygen atoms in total. The van der Waals surface area contributed by atoms with Gasteiger partial charge in [0.2, 0.25) is 0 Å². The first-order valence-electron chi connectivity index (χ1n) is 5.09. The fourth-order valence-corrected chi connectivity index (χ4v) is 3.69. The molecule has 7 heteroatoms. The molecule has 1 saturated heterocycles. The Labute approximate surface area is 98.7 Å². The van der Waals surface area contributed by atoms with Gasteiger partial charge in [0.05, 0.1) is 34.6 Å². The highest BCUT2D eigenvalue weighted by molar-refractivity contribution is 7.91. The van der Waals surface area contributed by atoms with Crippen molar-refractivity contribution in [1.82, 2.24) is 0 Å². The Morgan fingerprint density at radius 3 is 2.35 bits per heavy atom. The highest BCUT2D eigenvalue weighted by Crippen LogP contribution is 2.24. The van der Waals surface area contributed by atoms with Gasteiger partial charge in [0.25, 0.3) is 0 Å². The Morgan fingerprint density at radius 2 is 1.88 bits per heavy atom. The molecule has 17 heavy (non-hydrogen) atoms. The topological polar surface area (TPSA) is 87.0 Å². The van der Waals surface area contributed by atoms with Crippen LogP contribution in [0.5, 0.6) is 0 Å². The summed E-state index contributed by atoms with van der Waals surface area (Å²) >= 11 is 0. The lowest BCUT2D eigenvalue weighted by atomic mass is 10.2. The van der Waals surface area contributed by atoms with Crippen LogP contribution in [0.2, 0.25) is 0 Å². The van der Waals surface area contributed by atoms with Gasteiger partial charge in [0.15, 0.2) is 9.84 Å². The van der Waals surface area contributed by atoms with E-state index in [9.17, 15) is 18.4 Å². The molecule has 0 aliphatic carbocycles. The molecule has 2 unspecified atom stereocenters. The van der Waals surface area contributed by atoms with E-state index in [0.29, 0.717) is 5.69 Å². The molecule has 2 atom stereocenters. The van der Waals surface area contributed by atoms with E-state index in [4.69, 9.17) is 0 Å². The summed E-state index contributed by atoms with van der Waals surface area (Å²) in [5.41, 5.74) is 0.476. The van der Waals surface area contributed by atoms with Gasteiger partial charge in [0.1, 0.15) is 0 Å². The predicted octanol–water partition coefficient (Wildman–Crippen LogP) is 0.332. The van der Waals surface area contributed by atoms with Gasteiger partial charge in [-0.05, 0) is 12.1 Å². The Kier molecular flexibility index (Phi) is 3.12. The predicted molar refractivity (Wildman–Crippen MR) is 63.2 cm³/mol. The molecule has 1 fully saturated rings. The molecule has 1 N–H and O–H groups in total. The van der Waals surface area contributed by atoms with Crippen molar-refractivity contribution in [3.63, 3.8) is 0 Å². The van der Waals surface area contributed by atoms with Crippen LogP contribution in [-0.4, -0.2) is 37.2 Å². The SMILES string of the molecule is O=NN(c1ccccc1)C1CS(=O)(=O)CC1O. The minimum atomic E-state index is -3.30. The summed E-state index contributed by atoms with van der Waals surface area (Å²) in [5, 5.41) is 13.5. The first-order valence-corrected chi connectivity index (χ1v) is 6.92. The summed E-state index contributed by atoms with van der Waals surface area (Å²) < 4.78 is 22.7. The van der Waals surface area contributed by atoms with E-state index >= 15 is 0 Å². The number of anilines is 1. The number of hydrogen-bond donors (Lipinski definition) is 1. The molecular weight excluding hydrogens is 244 g/mol. The molecule has 0 amide bonds. The van der Waals surface area contributed by atoms with Crippen LogP contribution in [0.15, 0.2) is 35.6 Å². The average molecular weight is 256 g/mol. The lowest BCUT2D eigenvalue weighted by Gasteiger charge is -2.23. The Hall–Kier alpha value is -1.47. The summed E-state index contributed by atoms with van der Waals surface area (Å²) in [6, 6.07) is 7.67. The van der Waals surface area contributed by atoms with Crippen LogP contribution in [0, 0.1) is 4.91 Å². The summed E-state index contributed by atoms with van der Waals surface area (Å²) in [6.45, 7) is 0. The third kappa shape index (κ3) is 2.45. The zero-order valence-electron chi connectivity index (χ0n) is 8.93. The molecule has 2 rings (SSSR count). The van der Waals surface area contributed by atoms with E-state index in [2.05, 4.69) is 5.29 Å². The number of sulfone groups is 1. The maximum absolute atomic E-state index is 11.4. The third-order valence-corrected chi connectivity index (χ3v) is 4.42. The number of benzene rings is 1. The molecule has 92 valence electrons. The fourth-order valence-electron chi connectivity index (χ4n) is 1.92. The summed E-state index contributed by atoms with van der Waals surface area (Å²) in [4.78, 5) is 10.8. The summed E-state index contributed by atoms with van der Waals surface area (Å²) in [6.07, 6.45) is -1.09. The van der Waals surface area contributed by atoms with Crippen molar-refractivity contribution >= 4 is 15.5 Å². The third-order valence-electron chi connectivity index (χ3n) is 2.72. The van der Waals surface area contributed by atoms with Crippen LogP contribution in [-0.2, 0) is 9.84 Å². The van der Waals surface area contributed by atoms with Crippen LogP contribution >= 0.6 is 0 Å². The molecule has 0 radical (unpaired) electrons. The fraction of sp³-hybridized carbons (Fsp3) is 0.400. The maximum atomic E-state index is 11.4. The van der Waals surface area contributed by atoms with Crippen molar-refractivity contribution in [2.24, 2.45) is 5.29 Å². The molecular formula is C10H12N2O4S. The highest BCUT2D eigenvalue weighted by atomic mass is 32.2. The highest BCUT2D eigenvalue weighted by Gasteiger charge is 2.41. The average Bonchev–Trinajstić information content (AvgIpc) is 2.55. The minimum absolute atomic E-state index is 0.255. The van der Waals surface area contributed by atoms with Crippen molar-refractivity contribution in [3.05, 3.63) is 35.2 Å². The molecule has 0 spiro atoms. The number of para-hydroxylation sites is 1. The van der Waals surface area contributed by atoms with Gasteiger partial charge < -0.3 is 5.11 Å². The van der Waals surface area contributed by atoms with Gasteiger partial charge in [0, 0.05) is 0 Å². The molecule has 0 saturated carbocycles. The second-order valence-electron chi connectivity index (χ2n) is 3.97. The van der Waals surface area contributed by atoms with E-state index in [1.165, 1.54) is 0 Å². The van der Waals surface area contributed by atoms with Crippen LogP contribution in [0.3, 0.4) is 0 Å². The van der Waals surface area contributed by atoms with E-state index in [1.54, 1.807) is 30.3 Å². The number of rotatable bonds is 3. The van der Waals surface area contributed by atoms with Gasteiger partial charge in [-0.15, -0.1) is 4.91 Å². The van der Waals surface area contributed by atoms with E-state index < -0.39 is 22.0 Å². The van der Waals surface area contributed by atoms with Gasteiger partial charge in [-0.25, -0.2) is 13.4 Å². The van der Waals surface area contributed by atoms with Gasteiger partial charge in [-0.1, -0.05) is 18.2 Å². The molecule has 1 aromatic carbocycles. The maximum Gasteiger partial charge on any atom is 0.155 e. The van der Waals surface area contributed by atoms with E-state index in [-0.39, 0.29) is 11.5 Å². The Morgan fingerprint density at radius 1 is 1.24 bits per heavy atom.